The zero-order valence-electron chi connectivity index (χ0n) is 10.3. The molecule has 0 saturated heterocycles. The van der Waals surface area contributed by atoms with Gasteiger partial charge in [0, 0.05) is 21.4 Å². The molecule has 0 saturated carbocycles. The van der Waals surface area contributed by atoms with Crippen LogP contribution in [0.4, 0.5) is 11.4 Å². The van der Waals surface area contributed by atoms with E-state index in [1.54, 1.807) is 12.1 Å². The first kappa shape index (κ1) is 16.0. The van der Waals surface area contributed by atoms with Gasteiger partial charge in [0.15, 0.2) is 0 Å². The van der Waals surface area contributed by atoms with Crippen LogP contribution < -0.4 is 5.32 Å². The van der Waals surface area contributed by atoms with Gasteiger partial charge in [-0.2, -0.15) is 0 Å². The van der Waals surface area contributed by atoms with Crippen LogP contribution in [-0.2, 0) is 0 Å². The van der Waals surface area contributed by atoms with Crippen LogP contribution >= 0.6 is 45.8 Å². The van der Waals surface area contributed by atoms with Crippen molar-refractivity contribution in [1.29, 1.82) is 0 Å². The predicted molar refractivity (Wildman–Crippen MR) is 90.2 cm³/mol. The molecule has 8 heteroatoms. The molecule has 0 aliphatic heterocycles. The fraction of sp³-hybridized carbons (Fsp3) is 0. The van der Waals surface area contributed by atoms with E-state index in [0.29, 0.717) is 19.3 Å². The Balaban J connectivity index is 2.29. The van der Waals surface area contributed by atoms with Crippen LogP contribution in [0.15, 0.2) is 36.4 Å². The largest absolute Gasteiger partial charge is 0.322 e. The Morgan fingerprint density at radius 1 is 1.14 bits per heavy atom. The van der Waals surface area contributed by atoms with Crippen molar-refractivity contribution in [2.75, 3.05) is 5.32 Å². The summed E-state index contributed by atoms with van der Waals surface area (Å²) in [4.78, 5) is 22.4. The van der Waals surface area contributed by atoms with Gasteiger partial charge in [0.1, 0.15) is 0 Å². The molecule has 2 rings (SSSR count). The quantitative estimate of drug-likeness (QED) is 0.428. The number of benzene rings is 2. The molecule has 108 valence electrons. The van der Waals surface area contributed by atoms with Crippen molar-refractivity contribution in [2.24, 2.45) is 0 Å². The molecular weight excluding hydrogens is 430 g/mol. The van der Waals surface area contributed by atoms with Crippen LogP contribution in [0.1, 0.15) is 10.4 Å². The van der Waals surface area contributed by atoms with Crippen LogP contribution in [0.3, 0.4) is 0 Å². The Morgan fingerprint density at radius 3 is 2.48 bits per heavy atom. The third-order valence-electron chi connectivity index (χ3n) is 2.58. The van der Waals surface area contributed by atoms with Gasteiger partial charge in [-0.3, -0.25) is 14.9 Å². The predicted octanol–water partition coefficient (Wildman–Crippen LogP) is 4.76. The molecule has 0 bridgehead atoms. The van der Waals surface area contributed by atoms with Gasteiger partial charge in [0.25, 0.3) is 11.6 Å². The van der Waals surface area contributed by atoms with Gasteiger partial charge < -0.3 is 5.32 Å². The van der Waals surface area contributed by atoms with Crippen LogP contribution in [0, 0.1) is 13.7 Å². The normalized spacial score (nSPS) is 10.2. The number of nitro groups is 1. The number of amides is 1. The molecule has 0 fully saturated rings. The average molecular weight is 437 g/mol. The van der Waals surface area contributed by atoms with Gasteiger partial charge in [0.05, 0.1) is 20.5 Å². The van der Waals surface area contributed by atoms with E-state index in [4.69, 9.17) is 23.2 Å². The van der Waals surface area contributed by atoms with E-state index in [-0.39, 0.29) is 11.3 Å². The smallest absolute Gasteiger partial charge is 0.270 e. The van der Waals surface area contributed by atoms with Crippen LogP contribution in [0.25, 0.3) is 0 Å². The molecule has 0 radical (unpaired) electrons. The van der Waals surface area contributed by atoms with Crippen molar-refractivity contribution in [2.45, 2.75) is 0 Å². The molecule has 0 aliphatic carbocycles. The van der Waals surface area contributed by atoms with Gasteiger partial charge in [0.2, 0.25) is 0 Å². The van der Waals surface area contributed by atoms with Gasteiger partial charge in [-0.15, -0.1) is 0 Å². The van der Waals surface area contributed by atoms with Crippen molar-refractivity contribution in [3.63, 3.8) is 0 Å². The number of hydrogen-bond acceptors (Lipinski definition) is 3. The van der Waals surface area contributed by atoms with Gasteiger partial charge in [-0.05, 0) is 46.9 Å². The van der Waals surface area contributed by atoms with E-state index in [0.717, 1.165) is 0 Å². The number of non-ortho nitro benzene ring substituents is 1. The lowest BCUT2D eigenvalue weighted by Crippen LogP contribution is -2.13. The summed E-state index contributed by atoms with van der Waals surface area (Å²) < 4.78 is 0.607. The minimum atomic E-state index is -0.550. The maximum atomic E-state index is 12.2. The second-order valence-electron chi connectivity index (χ2n) is 4.00. The lowest BCUT2D eigenvalue weighted by atomic mass is 10.2. The number of carbonyl (C=O) groups excluding carboxylic acids is 1. The van der Waals surface area contributed by atoms with E-state index < -0.39 is 10.8 Å². The Labute approximate surface area is 143 Å². The van der Waals surface area contributed by atoms with E-state index in [1.165, 1.54) is 24.3 Å². The second kappa shape index (κ2) is 6.59. The Hall–Kier alpha value is -1.38. The van der Waals surface area contributed by atoms with E-state index in [1.807, 2.05) is 22.6 Å². The fourth-order valence-corrected chi connectivity index (χ4v) is 2.45. The fourth-order valence-electron chi connectivity index (χ4n) is 1.57. The number of rotatable bonds is 3. The number of halogens is 3. The molecule has 0 aliphatic rings. The van der Waals surface area contributed by atoms with Crippen molar-refractivity contribution < 1.29 is 9.72 Å². The lowest BCUT2D eigenvalue weighted by molar-refractivity contribution is -0.384. The molecule has 0 atom stereocenters. The molecule has 2 aromatic rings. The van der Waals surface area contributed by atoms with E-state index >= 15 is 0 Å². The Bertz CT molecular complexity index is 737. The molecule has 5 nitrogen and oxygen atoms in total. The Morgan fingerprint density at radius 2 is 1.86 bits per heavy atom. The summed E-state index contributed by atoms with van der Waals surface area (Å²) >= 11 is 13.6. The number of hydrogen-bond donors (Lipinski definition) is 1. The van der Waals surface area contributed by atoms with Gasteiger partial charge in [-0.25, -0.2) is 0 Å². The van der Waals surface area contributed by atoms with Crippen LogP contribution in [0.5, 0.6) is 0 Å². The van der Waals surface area contributed by atoms with Crippen molar-refractivity contribution in [1.82, 2.24) is 0 Å². The minimum Gasteiger partial charge on any atom is -0.322 e. The first-order valence-corrected chi connectivity index (χ1v) is 7.42. The van der Waals surface area contributed by atoms with E-state index in [2.05, 4.69) is 5.32 Å². The molecule has 1 N–H and O–H groups in total. The zero-order chi connectivity index (χ0) is 15.6. The summed E-state index contributed by atoms with van der Waals surface area (Å²) in [6.45, 7) is 0. The third kappa shape index (κ3) is 3.84. The standard InChI is InChI=1S/C13H7Cl2IN2O3/c14-10-3-1-7(5-11(10)15)17-13(19)9-6-8(18(20)21)2-4-12(9)16/h1-6H,(H,17,19). The molecular formula is C13H7Cl2IN2O3. The molecule has 0 spiro atoms. The maximum absolute atomic E-state index is 12.2. The zero-order valence-corrected chi connectivity index (χ0v) is 13.9. The SMILES string of the molecule is O=C(Nc1ccc(Cl)c(Cl)c1)c1cc([N+](=O)[O-])ccc1I. The number of nitrogens with zero attached hydrogens (tertiary/aromatic N) is 1. The highest BCUT2D eigenvalue weighted by Gasteiger charge is 2.16. The number of nitrogens with one attached hydrogen (secondary N) is 1. The molecule has 0 unspecified atom stereocenters. The highest BCUT2D eigenvalue weighted by atomic mass is 127. The first-order valence-electron chi connectivity index (χ1n) is 5.59. The first-order chi connectivity index (χ1) is 9.88. The molecule has 1 amide bonds. The summed E-state index contributed by atoms with van der Waals surface area (Å²) in [5.74, 6) is -0.457. The third-order valence-corrected chi connectivity index (χ3v) is 4.26. The molecule has 0 aromatic heterocycles. The van der Waals surface area contributed by atoms with Crippen molar-refractivity contribution >= 4 is 63.1 Å². The lowest BCUT2D eigenvalue weighted by Gasteiger charge is -2.08. The summed E-state index contributed by atoms with van der Waals surface area (Å²) in [6, 6.07) is 8.75. The number of carbonyl (C=O) groups is 1. The average Bonchev–Trinajstić information content (AvgIpc) is 2.43. The summed E-state index contributed by atoms with van der Waals surface area (Å²) in [5, 5.41) is 14.1. The topological polar surface area (TPSA) is 72.2 Å². The molecule has 21 heavy (non-hydrogen) atoms. The summed E-state index contributed by atoms with van der Waals surface area (Å²) in [6.07, 6.45) is 0. The monoisotopic (exact) mass is 436 g/mol. The highest BCUT2D eigenvalue weighted by molar-refractivity contribution is 14.1. The van der Waals surface area contributed by atoms with Gasteiger partial charge in [-0.1, -0.05) is 23.2 Å². The molecule has 2 aromatic carbocycles. The molecule has 0 heterocycles. The summed E-state index contributed by atoms with van der Waals surface area (Å²) in [7, 11) is 0. The second-order valence-corrected chi connectivity index (χ2v) is 5.98. The van der Waals surface area contributed by atoms with Crippen LogP contribution in [0.2, 0.25) is 10.0 Å². The minimum absolute atomic E-state index is 0.144. The number of anilines is 1. The van der Waals surface area contributed by atoms with Gasteiger partial charge >= 0.3 is 0 Å². The van der Waals surface area contributed by atoms with Crippen molar-refractivity contribution in [3.05, 3.63) is 65.7 Å². The Kier molecular flexibility index (Phi) is 5.02. The maximum Gasteiger partial charge on any atom is 0.270 e. The highest BCUT2D eigenvalue weighted by Crippen LogP contribution is 2.26. The van der Waals surface area contributed by atoms with E-state index in [9.17, 15) is 14.9 Å². The van der Waals surface area contributed by atoms with Crippen LogP contribution in [-0.4, -0.2) is 10.8 Å². The summed E-state index contributed by atoms with van der Waals surface area (Å²) in [5.41, 5.74) is 0.530. The van der Waals surface area contributed by atoms with Crippen molar-refractivity contribution in [3.8, 4) is 0 Å². The number of nitro benzene ring substituents is 1.